The highest BCUT2D eigenvalue weighted by molar-refractivity contribution is 6.35. The highest BCUT2D eigenvalue weighted by atomic mass is 35.5. The molecule has 0 radical (unpaired) electrons. The van der Waals surface area contributed by atoms with E-state index in [1.807, 2.05) is 0 Å². The minimum Gasteiger partial charge on any atom is -0.291 e. The first-order chi connectivity index (χ1) is 7.49. The van der Waals surface area contributed by atoms with Gasteiger partial charge in [-0.1, -0.05) is 17.7 Å². The van der Waals surface area contributed by atoms with Gasteiger partial charge in [0.25, 0.3) is 0 Å². The zero-order chi connectivity index (χ0) is 12.3. The first kappa shape index (κ1) is 12.1. The summed E-state index contributed by atoms with van der Waals surface area (Å²) in [6, 6.07) is 4.52. The van der Waals surface area contributed by atoms with Gasteiger partial charge in [0.2, 0.25) is 5.82 Å². The molecule has 5 nitrogen and oxygen atoms in total. The van der Waals surface area contributed by atoms with E-state index in [0.717, 1.165) is 18.2 Å². The molecule has 0 saturated carbocycles. The highest BCUT2D eigenvalue weighted by Gasteiger charge is 2.25. The van der Waals surface area contributed by atoms with Gasteiger partial charge in [-0.05, 0) is 6.07 Å². The number of nitrogens with zero attached hydrogens (tertiary/aromatic N) is 2. The number of benzene rings is 1. The summed E-state index contributed by atoms with van der Waals surface area (Å²) in [5, 5.41) is 17.2. The number of hydrogen-bond acceptors (Lipinski definition) is 4. The number of nitriles is 1. The van der Waals surface area contributed by atoms with Gasteiger partial charge in [-0.25, -0.2) is 0 Å². The van der Waals surface area contributed by atoms with Crippen molar-refractivity contribution < 1.29 is 14.1 Å². The Balaban J connectivity index is 3.27. The number of alkyl halides is 1. The molecule has 0 spiro atoms. The van der Waals surface area contributed by atoms with Crippen molar-refractivity contribution in [2.75, 3.05) is 0 Å². The lowest BCUT2D eigenvalue weighted by Crippen LogP contribution is -2.14. The van der Waals surface area contributed by atoms with Crippen molar-refractivity contribution in [3.05, 3.63) is 39.7 Å². The van der Waals surface area contributed by atoms with Crippen molar-refractivity contribution in [3.8, 4) is 6.07 Å². The molecule has 0 aromatic heterocycles. The van der Waals surface area contributed by atoms with Crippen LogP contribution < -0.4 is 0 Å². The molecule has 1 rings (SSSR count). The lowest BCUT2D eigenvalue weighted by Gasteiger charge is -2.02. The largest absolute Gasteiger partial charge is 0.305 e. The van der Waals surface area contributed by atoms with E-state index in [0.29, 0.717) is 0 Å². The van der Waals surface area contributed by atoms with E-state index in [9.17, 15) is 19.3 Å². The van der Waals surface area contributed by atoms with Gasteiger partial charge in [-0.15, -0.1) is 0 Å². The van der Waals surface area contributed by atoms with Crippen LogP contribution in [0, 0.1) is 27.3 Å². The summed E-state index contributed by atoms with van der Waals surface area (Å²) in [5.74, 6) is -2.27. The third-order valence-electron chi connectivity index (χ3n) is 1.78. The lowest BCUT2D eigenvalue weighted by atomic mass is 10.1. The molecule has 1 atom stereocenters. The number of halogens is 2. The summed E-state index contributed by atoms with van der Waals surface area (Å²) >= 11 is 5.31. The minimum absolute atomic E-state index is 0.559. The fourth-order valence-electron chi connectivity index (χ4n) is 1.05. The van der Waals surface area contributed by atoms with Crippen LogP contribution in [-0.2, 0) is 0 Å². The van der Waals surface area contributed by atoms with Crippen molar-refractivity contribution in [2.45, 2.75) is 5.38 Å². The average Bonchev–Trinajstić information content (AvgIpc) is 2.27. The number of nitro groups is 1. The molecule has 82 valence electrons. The Morgan fingerprint density at radius 1 is 1.62 bits per heavy atom. The number of rotatable bonds is 3. The summed E-state index contributed by atoms with van der Waals surface area (Å²) in [6.45, 7) is 0. The second-order valence-electron chi connectivity index (χ2n) is 2.75. The molecular formula is C9H4ClFN2O3. The van der Waals surface area contributed by atoms with Gasteiger partial charge in [0, 0.05) is 6.07 Å². The van der Waals surface area contributed by atoms with Crippen molar-refractivity contribution in [3.63, 3.8) is 0 Å². The van der Waals surface area contributed by atoms with E-state index in [1.54, 1.807) is 0 Å². The number of nitro benzene ring substituents is 1. The molecule has 1 unspecified atom stereocenters. The summed E-state index contributed by atoms with van der Waals surface area (Å²) in [4.78, 5) is 20.8. The molecule has 1 aromatic carbocycles. The smallest absolute Gasteiger partial charge is 0.291 e. The van der Waals surface area contributed by atoms with Gasteiger partial charge < -0.3 is 0 Å². The van der Waals surface area contributed by atoms with Crippen molar-refractivity contribution in [1.82, 2.24) is 0 Å². The summed E-state index contributed by atoms with van der Waals surface area (Å²) < 4.78 is 13.4. The zero-order valence-corrected chi connectivity index (χ0v) is 8.44. The van der Waals surface area contributed by atoms with E-state index < -0.39 is 33.2 Å². The Morgan fingerprint density at radius 3 is 2.75 bits per heavy atom. The van der Waals surface area contributed by atoms with Gasteiger partial charge in [-0.2, -0.15) is 9.65 Å². The number of hydrogen-bond donors (Lipinski definition) is 0. The first-order valence-corrected chi connectivity index (χ1v) is 4.43. The van der Waals surface area contributed by atoms with Crippen molar-refractivity contribution in [1.29, 1.82) is 5.26 Å². The minimum atomic E-state index is -1.56. The highest BCUT2D eigenvalue weighted by Crippen LogP contribution is 2.22. The molecule has 16 heavy (non-hydrogen) atoms. The van der Waals surface area contributed by atoms with Gasteiger partial charge in [0.05, 0.1) is 16.6 Å². The zero-order valence-electron chi connectivity index (χ0n) is 7.68. The van der Waals surface area contributed by atoms with Gasteiger partial charge in [0.1, 0.15) is 0 Å². The molecule has 0 aliphatic rings. The quantitative estimate of drug-likeness (QED) is 0.351. The first-order valence-electron chi connectivity index (χ1n) is 4.00. The Hall–Kier alpha value is -2.00. The van der Waals surface area contributed by atoms with Crippen molar-refractivity contribution >= 4 is 23.1 Å². The van der Waals surface area contributed by atoms with Crippen LogP contribution in [0.15, 0.2) is 18.2 Å². The normalized spacial score (nSPS) is 11.6. The maximum atomic E-state index is 13.4. The average molecular weight is 243 g/mol. The number of ketones is 1. The van der Waals surface area contributed by atoms with Gasteiger partial charge in [-0.3, -0.25) is 14.9 Å². The van der Waals surface area contributed by atoms with Crippen LogP contribution in [0.2, 0.25) is 0 Å². The third-order valence-corrected chi connectivity index (χ3v) is 2.08. The van der Waals surface area contributed by atoms with Crippen LogP contribution in [0.3, 0.4) is 0 Å². The number of carbonyl (C=O) groups excluding carboxylic acids is 1. The Labute approximate surface area is 94.2 Å². The van der Waals surface area contributed by atoms with E-state index >= 15 is 0 Å². The predicted octanol–water partition coefficient (Wildman–Crippen LogP) is 2.05. The SMILES string of the molecule is N#CC(Cl)C(=O)c1cccc([N+](=O)[O-])c1F. The molecule has 7 heteroatoms. The molecule has 0 saturated heterocycles. The monoisotopic (exact) mass is 242 g/mol. The van der Waals surface area contributed by atoms with E-state index in [2.05, 4.69) is 0 Å². The fraction of sp³-hybridized carbons (Fsp3) is 0.111. The van der Waals surface area contributed by atoms with Gasteiger partial charge >= 0.3 is 5.69 Å². The lowest BCUT2D eigenvalue weighted by molar-refractivity contribution is -0.387. The summed E-state index contributed by atoms with van der Waals surface area (Å²) in [5.41, 5.74) is -1.39. The summed E-state index contributed by atoms with van der Waals surface area (Å²) in [7, 11) is 0. The van der Waals surface area contributed by atoms with Crippen LogP contribution in [0.25, 0.3) is 0 Å². The molecule has 0 fully saturated rings. The third kappa shape index (κ3) is 2.15. The van der Waals surface area contributed by atoms with Crippen LogP contribution in [0.5, 0.6) is 0 Å². The second-order valence-corrected chi connectivity index (χ2v) is 3.19. The van der Waals surface area contributed by atoms with Crippen LogP contribution >= 0.6 is 11.6 Å². The van der Waals surface area contributed by atoms with E-state index in [-0.39, 0.29) is 0 Å². The van der Waals surface area contributed by atoms with Crippen LogP contribution in [0.4, 0.5) is 10.1 Å². The van der Waals surface area contributed by atoms with E-state index in [4.69, 9.17) is 16.9 Å². The predicted molar refractivity (Wildman–Crippen MR) is 52.6 cm³/mol. The topological polar surface area (TPSA) is 84.0 Å². The maximum absolute atomic E-state index is 13.4. The molecule has 0 aliphatic carbocycles. The van der Waals surface area contributed by atoms with E-state index in [1.165, 1.54) is 6.07 Å². The fourth-order valence-corrected chi connectivity index (χ4v) is 1.16. The molecule has 0 amide bonds. The summed E-state index contributed by atoms with van der Waals surface area (Å²) in [6.07, 6.45) is 0. The Bertz CT molecular complexity index is 498. The maximum Gasteiger partial charge on any atom is 0.305 e. The molecular weight excluding hydrogens is 239 g/mol. The molecule has 0 N–H and O–H groups in total. The number of Topliss-reactive ketones (excluding diaryl/α,β-unsaturated/α-hetero) is 1. The Kier molecular flexibility index (Phi) is 3.53. The van der Waals surface area contributed by atoms with Crippen LogP contribution in [-0.4, -0.2) is 16.1 Å². The Morgan fingerprint density at radius 2 is 2.25 bits per heavy atom. The number of carbonyl (C=O) groups is 1. The second kappa shape index (κ2) is 4.68. The molecule has 0 bridgehead atoms. The van der Waals surface area contributed by atoms with Gasteiger partial charge in [0.15, 0.2) is 11.2 Å². The standard InChI is InChI=1S/C9H4ClFN2O3/c10-6(4-12)9(14)5-2-1-3-7(8(5)11)13(15)16/h1-3,6H. The molecule has 1 aromatic rings. The van der Waals surface area contributed by atoms with Crippen molar-refractivity contribution in [2.24, 2.45) is 0 Å². The molecule has 0 aliphatic heterocycles. The molecule has 0 heterocycles. The van der Waals surface area contributed by atoms with Crippen LogP contribution in [0.1, 0.15) is 10.4 Å².